The van der Waals surface area contributed by atoms with E-state index in [4.69, 9.17) is 0 Å². The number of amides is 1. The average molecular weight is 313 g/mol. The van der Waals surface area contributed by atoms with E-state index in [0.717, 1.165) is 24.2 Å². The maximum Gasteiger partial charge on any atom is 0.241 e. The second-order valence-electron chi connectivity index (χ2n) is 5.88. The molecular weight excluding hydrogens is 293 g/mol. The molecule has 5 heteroatoms. The van der Waals surface area contributed by atoms with Crippen molar-refractivity contribution in [2.24, 2.45) is 0 Å². The van der Waals surface area contributed by atoms with Gasteiger partial charge in [0.2, 0.25) is 5.91 Å². The molecule has 23 heavy (non-hydrogen) atoms. The summed E-state index contributed by atoms with van der Waals surface area (Å²) in [5, 5.41) is 6.24. The van der Waals surface area contributed by atoms with E-state index in [1.165, 1.54) is 17.8 Å². The summed E-state index contributed by atoms with van der Waals surface area (Å²) in [7, 11) is 0. The van der Waals surface area contributed by atoms with Crippen LogP contribution >= 0.6 is 0 Å². The maximum absolute atomic E-state index is 12.9. The molecule has 4 nitrogen and oxygen atoms in total. The van der Waals surface area contributed by atoms with Crippen molar-refractivity contribution in [2.45, 2.75) is 25.3 Å². The summed E-state index contributed by atoms with van der Waals surface area (Å²) in [6.07, 6.45) is 2.14. The van der Waals surface area contributed by atoms with Gasteiger partial charge in [0.25, 0.3) is 0 Å². The average Bonchev–Trinajstić information content (AvgIpc) is 2.59. The Kier molecular flexibility index (Phi) is 4.67. The number of carbonyl (C=O) groups is 1. The van der Waals surface area contributed by atoms with Gasteiger partial charge in [-0.2, -0.15) is 0 Å². The van der Waals surface area contributed by atoms with Crippen LogP contribution < -0.4 is 10.6 Å². The molecule has 0 fully saturated rings. The van der Waals surface area contributed by atoms with Crippen LogP contribution in [0.2, 0.25) is 0 Å². The number of benzene rings is 1. The highest BCUT2D eigenvalue weighted by Crippen LogP contribution is 2.23. The number of carbonyl (C=O) groups excluding carboxylic acids is 1. The molecule has 0 aliphatic carbocycles. The SMILES string of the molecule is CC(CNC(=O)C1NCCc2ccccc21)c1ccc(F)cn1. The topological polar surface area (TPSA) is 54.0 Å². The van der Waals surface area contributed by atoms with Crippen molar-refractivity contribution in [2.75, 3.05) is 13.1 Å². The van der Waals surface area contributed by atoms with E-state index in [9.17, 15) is 9.18 Å². The highest BCUT2D eigenvalue weighted by atomic mass is 19.1. The van der Waals surface area contributed by atoms with Gasteiger partial charge in [0.15, 0.2) is 0 Å². The van der Waals surface area contributed by atoms with Crippen molar-refractivity contribution in [3.63, 3.8) is 0 Å². The Bertz CT molecular complexity index is 687. The molecular formula is C18H20FN3O. The predicted octanol–water partition coefficient (Wildman–Crippen LogP) is 2.33. The van der Waals surface area contributed by atoms with Gasteiger partial charge in [-0.05, 0) is 29.7 Å². The number of halogens is 1. The van der Waals surface area contributed by atoms with Crippen molar-refractivity contribution < 1.29 is 9.18 Å². The third kappa shape index (κ3) is 3.56. The second-order valence-corrected chi connectivity index (χ2v) is 5.88. The van der Waals surface area contributed by atoms with Crippen LogP contribution in [0.15, 0.2) is 42.6 Å². The molecule has 1 amide bonds. The summed E-state index contributed by atoms with van der Waals surface area (Å²) in [5.74, 6) is -0.363. The highest BCUT2D eigenvalue weighted by Gasteiger charge is 2.25. The number of nitrogens with one attached hydrogen (secondary N) is 2. The lowest BCUT2D eigenvalue weighted by Crippen LogP contribution is -2.42. The van der Waals surface area contributed by atoms with Crippen molar-refractivity contribution in [3.8, 4) is 0 Å². The summed E-state index contributed by atoms with van der Waals surface area (Å²) in [4.78, 5) is 16.6. The molecule has 1 aliphatic heterocycles. The van der Waals surface area contributed by atoms with Crippen molar-refractivity contribution in [1.82, 2.24) is 15.6 Å². The van der Waals surface area contributed by atoms with E-state index in [0.29, 0.717) is 6.54 Å². The van der Waals surface area contributed by atoms with Crippen LogP contribution in [0.5, 0.6) is 0 Å². The molecule has 0 spiro atoms. The summed E-state index contributed by atoms with van der Waals surface area (Å²) in [5.41, 5.74) is 3.03. The number of rotatable bonds is 4. The Morgan fingerprint density at radius 3 is 3.00 bits per heavy atom. The minimum absolute atomic E-state index is 0.0263. The van der Waals surface area contributed by atoms with Gasteiger partial charge in [-0.15, -0.1) is 0 Å². The van der Waals surface area contributed by atoms with Crippen LogP contribution in [0.1, 0.15) is 35.7 Å². The number of pyridine rings is 1. The first-order chi connectivity index (χ1) is 11.1. The molecule has 2 unspecified atom stereocenters. The van der Waals surface area contributed by atoms with E-state index >= 15 is 0 Å². The summed E-state index contributed by atoms with van der Waals surface area (Å²) in [6.45, 7) is 3.23. The smallest absolute Gasteiger partial charge is 0.241 e. The van der Waals surface area contributed by atoms with E-state index in [-0.39, 0.29) is 23.7 Å². The molecule has 1 aromatic heterocycles. The van der Waals surface area contributed by atoms with E-state index < -0.39 is 0 Å². The Morgan fingerprint density at radius 2 is 2.22 bits per heavy atom. The quantitative estimate of drug-likeness (QED) is 0.911. The van der Waals surface area contributed by atoms with Crippen molar-refractivity contribution in [1.29, 1.82) is 0 Å². The van der Waals surface area contributed by atoms with Gasteiger partial charge in [0.05, 0.1) is 6.20 Å². The molecule has 0 saturated heterocycles. The predicted molar refractivity (Wildman–Crippen MR) is 86.5 cm³/mol. The van der Waals surface area contributed by atoms with Crippen molar-refractivity contribution >= 4 is 5.91 Å². The standard InChI is InChI=1S/C18H20FN3O/c1-12(16-7-6-14(19)11-21-16)10-22-18(23)17-15-5-3-2-4-13(15)8-9-20-17/h2-7,11-12,17,20H,8-10H2,1H3,(H,22,23). The third-order valence-electron chi connectivity index (χ3n) is 4.21. The second kappa shape index (κ2) is 6.87. The van der Waals surface area contributed by atoms with Crippen LogP contribution in [-0.2, 0) is 11.2 Å². The minimum atomic E-state index is -0.354. The molecule has 2 aromatic rings. The van der Waals surface area contributed by atoms with Crippen LogP contribution in [-0.4, -0.2) is 24.0 Å². The first-order valence-corrected chi connectivity index (χ1v) is 7.85. The van der Waals surface area contributed by atoms with Gasteiger partial charge in [-0.1, -0.05) is 31.2 Å². The normalized spacial score (nSPS) is 18.1. The molecule has 0 bridgehead atoms. The Labute approximate surface area is 135 Å². The first kappa shape index (κ1) is 15.6. The van der Waals surface area contributed by atoms with Crippen LogP contribution in [0.25, 0.3) is 0 Å². The minimum Gasteiger partial charge on any atom is -0.354 e. The van der Waals surface area contributed by atoms with E-state index in [2.05, 4.69) is 21.7 Å². The number of hydrogen-bond donors (Lipinski definition) is 2. The summed E-state index contributed by atoms with van der Waals surface area (Å²) in [6, 6.07) is 10.8. The van der Waals surface area contributed by atoms with Gasteiger partial charge < -0.3 is 10.6 Å². The van der Waals surface area contributed by atoms with Crippen LogP contribution in [0.3, 0.4) is 0 Å². The van der Waals surface area contributed by atoms with Crippen molar-refractivity contribution in [3.05, 3.63) is 65.2 Å². The maximum atomic E-state index is 12.9. The highest BCUT2D eigenvalue weighted by molar-refractivity contribution is 5.84. The molecule has 2 atom stereocenters. The third-order valence-corrected chi connectivity index (χ3v) is 4.21. The molecule has 3 rings (SSSR count). The molecule has 0 saturated carbocycles. The Morgan fingerprint density at radius 1 is 1.39 bits per heavy atom. The fraction of sp³-hybridized carbons (Fsp3) is 0.333. The monoisotopic (exact) mass is 313 g/mol. The van der Waals surface area contributed by atoms with Gasteiger partial charge in [-0.25, -0.2) is 4.39 Å². The largest absolute Gasteiger partial charge is 0.354 e. The van der Waals surface area contributed by atoms with Gasteiger partial charge >= 0.3 is 0 Å². The molecule has 1 aromatic carbocycles. The first-order valence-electron chi connectivity index (χ1n) is 7.85. The van der Waals surface area contributed by atoms with E-state index in [1.54, 1.807) is 6.07 Å². The molecule has 1 aliphatic rings. The summed E-state index contributed by atoms with van der Waals surface area (Å²) >= 11 is 0. The summed E-state index contributed by atoms with van der Waals surface area (Å²) < 4.78 is 12.9. The fourth-order valence-corrected chi connectivity index (χ4v) is 2.88. The zero-order chi connectivity index (χ0) is 16.2. The van der Waals surface area contributed by atoms with E-state index in [1.807, 2.05) is 25.1 Å². The molecule has 0 radical (unpaired) electrons. The van der Waals surface area contributed by atoms with Gasteiger partial charge in [-0.3, -0.25) is 9.78 Å². The Balaban J connectivity index is 1.63. The van der Waals surface area contributed by atoms with Crippen LogP contribution in [0.4, 0.5) is 4.39 Å². The molecule has 2 heterocycles. The number of nitrogens with zero attached hydrogens (tertiary/aromatic N) is 1. The zero-order valence-electron chi connectivity index (χ0n) is 13.1. The lowest BCUT2D eigenvalue weighted by molar-refractivity contribution is -0.123. The zero-order valence-corrected chi connectivity index (χ0v) is 13.1. The Hall–Kier alpha value is -2.27. The number of hydrogen-bond acceptors (Lipinski definition) is 3. The number of aromatic nitrogens is 1. The molecule has 2 N–H and O–H groups in total. The number of fused-ring (bicyclic) bond motifs is 1. The lowest BCUT2D eigenvalue weighted by Gasteiger charge is -2.26. The van der Waals surface area contributed by atoms with Gasteiger partial charge in [0, 0.05) is 24.7 Å². The van der Waals surface area contributed by atoms with Crippen LogP contribution in [0, 0.1) is 5.82 Å². The fourth-order valence-electron chi connectivity index (χ4n) is 2.88. The lowest BCUT2D eigenvalue weighted by atomic mass is 9.94. The molecule has 120 valence electrons. The van der Waals surface area contributed by atoms with Gasteiger partial charge in [0.1, 0.15) is 11.9 Å².